The van der Waals surface area contributed by atoms with E-state index in [0.29, 0.717) is 0 Å². The molecule has 1 heterocycles. The Kier molecular flexibility index (Phi) is 3.02. The maximum Gasteiger partial charge on any atom is 0.241 e. The van der Waals surface area contributed by atoms with Crippen molar-refractivity contribution in [2.24, 2.45) is 4.99 Å². The van der Waals surface area contributed by atoms with Crippen molar-refractivity contribution in [1.82, 2.24) is 0 Å². The van der Waals surface area contributed by atoms with Crippen LogP contribution >= 0.6 is 11.3 Å². The maximum absolute atomic E-state index is 9.94. The van der Waals surface area contributed by atoms with Crippen LogP contribution in [0.25, 0.3) is 0 Å². The average molecular weight is 167 g/mol. The van der Waals surface area contributed by atoms with Crippen molar-refractivity contribution >= 4 is 22.4 Å². The molecule has 0 aliphatic heterocycles. The van der Waals surface area contributed by atoms with E-state index in [-0.39, 0.29) is 0 Å². The van der Waals surface area contributed by atoms with Crippen LogP contribution in [0.4, 0.5) is 5.00 Å². The molecule has 0 aliphatic carbocycles. The van der Waals surface area contributed by atoms with E-state index in [2.05, 4.69) is 11.9 Å². The third kappa shape index (κ3) is 2.00. The molecule has 3 heteroatoms. The summed E-state index contributed by atoms with van der Waals surface area (Å²) in [5.41, 5.74) is 1.15. The molecular weight excluding hydrogens is 158 g/mol. The van der Waals surface area contributed by atoms with Crippen LogP contribution in [0.15, 0.2) is 16.4 Å². The van der Waals surface area contributed by atoms with Crippen molar-refractivity contribution in [2.45, 2.75) is 19.8 Å². The third-order valence-electron chi connectivity index (χ3n) is 1.39. The first-order chi connectivity index (χ1) is 5.38. The van der Waals surface area contributed by atoms with Gasteiger partial charge < -0.3 is 0 Å². The number of hydrogen-bond acceptors (Lipinski definition) is 3. The normalized spacial score (nSPS) is 9.18. The number of rotatable bonds is 3. The molecule has 11 heavy (non-hydrogen) atoms. The summed E-state index contributed by atoms with van der Waals surface area (Å²) in [6.45, 7) is 2.10. The second-order valence-corrected chi connectivity index (χ2v) is 3.10. The molecule has 2 nitrogen and oxygen atoms in total. The summed E-state index contributed by atoms with van der Waals surface area (Å²) >= 11 is 1.48. The molecule has 0 aliphatic rings. The Balaban J connectivity index is 2.86. The van der Waals surface area contributed by atoms with Crippen LogP contribution < -0.4 is 0 Å². The van der Waals surface area contributed by atoms with Crippen molar-refractivity contribution in [1.29, 1.82) is 0 Å². The van der Waals surface area contributed by atoms with Gasteiger partial charge in [-0.3, -0.25) is 0 Å². The molecule has 58 valence electrons. The zero-order chi connectivity index (χ0) is 8.10. The van der Waals surface area contributed by atoms with Crippen LogP contribution in [0.2, 0.25) is 0 Å². The van der Waals surface area contributed by atoms with Crippen molar-refractivity contribution in [3.63, 3.8) is 0 Å². The highest BCUT2D eigenvalue weighted by Crippen LogP contribution is 2.26. The Morgan fingerprint density at radius 2 is 2.55 bits per heavy atom. The predicted octanol–water partition coefficient (Wildman–Crippen LogP) is 2.67. The van der Waals surface area contributed by atoms with Gasteiger partial charge in [0.2, 0.25) is 6.08 Å². The van der Waals surface area contributed by atoms with Gasteiger partial charge in [-0.05, 0) is 23.4 Å². The molecule has 0 aromatic carbocycles. The molecule has 0 fully saturated rings. The number of thiophene rings is 1. The lowest BCUT2D eigenvalue weighted by Crippen LogP contribution is -1.76. The molecule has 0 atom stereocenters. The number of hydrogen-bond donors (Lipinski definition) is 0. The van der Waals surface area contributed by atoms with E-state index < -0.39 is 0 Å². The van der Waals surface area contributed by atoms with Crippen molar-refractivity contribution in [2.75, 3.05) is 0 Å². The summed E-state index contributed by atoms with van der Waals surface area (Å²) < 4.78 is 0. The largest absolute Gasteiger partial charge is 0.241 e. The van der Waals surface area contributed by atoms with Crippen LogP contribution in [-0.4, -0.2) is 6.08 Å². The molecule has 0 saturated heterocycles. The zero-order valence-electron chi connectivity index (χ0n) is 6.33. The first-order valence-corrected chi connectivity index (χ1v) is 4.40. The Hall–Kier alpha value is -0.920. The molecule has 1 aromatic rings. The van der Waals surface area contributed by atoms with Crippen molar-refractivity contribution < 1.29 is 4.79 Å². The van der Waals surface area contributed by atoms with Gasteiger partial charge in [0.25, 0.3) is 0 Å². The highest BCUT2D eigenvalue weighted by molar-refractivity contribution is 7.14. The van der Waals surface area contributed by atoms with Gasteiger partial charge in [-0.15, -0.1) is 11.3 Å². The lowest BCUT2D eigenvalue weighted by Gasteiger charge is -1.91. The van der Waals surface area contributed by atoms with Crippen LogP contribution in [0.3, 0.4) is 0 Å². The van der Waals surface area contributed by atoms with Gasteiger partial charge in [0.1, 0.15) is 5.00 Å². The van der Waals surface area contributed by atoms with Gasteiger partial charge >= 0.3 is 0 Å². The Bertz CT molecular complexity index is 273. The highest BCUT2D eigenvalue weighted by atomic mass is 32.1. The summed E-state index contributed by atoms with van der Waals surface area (Å²) in [6, 6.07) is 2.00. The fourth-order valence-electron chi connectivity index (χ4n) is 0.927. The molecule has 1 rings (SSSR count). The summed E-state index contributed by atoms with van der Waals surface area (Å²) in [4.78, 5) is 13.5. The fraction of sp³-hybridized carbons (Fsp3) is 0.375. The summed E-state index contributed by atoms with van der Waals surface area (Å²) in [5, 5.41) is 2.75. The van der Waals surface area contributed by atoms with Crippen molar-refractivity contribution in [3.05, 3.63) is 17.0 Å². The van der Waals surface area contributed by atoms with Gasteiger partial charge in [0, 0.05) is 0 Å². The minimum absolute atomic E-state index is 0.807. The lowest BCUT2D eigenvalue weighted by atomic mass is 10.2. The van der Waals surface area contributed by atoms with Crippen LogP contribution in [0.1, 0.15) is 18.9 Å². The molecule has 0 N–H and O–H groups in total. The highest BCUT2D eigenvalue weighted by Gasteiger charge is 2.00. The second kappa shape index (κ2) is 4.06. The van der Waals surface area contributed by atoms with Gasteiger partial charge in [-0.1, -0.05) is 13.3 Å². The Morgan fingerprint density at radius 3 is 3.18 bits per heavy atom. The average Bonchev–Trinajstić information content (AvgIpc) is 2.39. The summed E-state index contributed by atoms with van der Waals surface area (Å²) in [6.07, 6.45) is 3.63. The summed E-state index contributed by atoms with van der Waals surface area (Å²) in [7, 11) is 0. The third-order valence-corrected chi connectivity index (χ3v) is 2.24. The number of carbonyl (C=O) groups excluding carboxylic acids is 1. The van der Waals surface area contributed by atoms with E-state index in [9.17, 15) is 4.79 Å². The first-order valence-electron chi connectivity index (χ1n) is 3.52. The lowest BCUT2D eigenvalue weighted by molar-refractivity contribution is 0.565. The Labute approximate surface area is 69.6 Å². The molecule has 0 amide bonds. The smallest absolute Gasteiger partial charge is 0.211 e. The van der Waals surface area contributed by atoms with Gasteiger partial charge in [-0.2, -0.15) is 4.99 Å². The zero-order valence-corrected chi connectivity index (χ0v) is 7.15. The van der Waals surface area contributed by atoms with E-state index in [1.807, 2.05) is 11.4 Å². The monoisotopic (exact) mass is 167 g/mol. The summed E-state index contributed by atoms with van der Waals surface area (Å²) in [5.74, 6) is 0. The van der Waals surface area contributed by atoms with Crippen LogP contribution in [-0.2, 0) is 11.2 Å². The molecule has 0 spiro atoms. The molecule has 0 unspecified atom stereocenters. The van der Waals surface area contributed by atoms with E-state index in [1.54, 1.807) is 6.08 Å². The standard InChI is InChI=1S/C8H9NOS/c1-2-3-7-4-5-11-8(7)9-6-10/h4-5H,2-3H2,1H3. The number of aryl methyl sites for hydroxylation is 1. The van der Waals surface area contributed by atoms with Crippen LogP contribution in [0, 0.1) is 0 Å². The number of aliphatic imine (C=N–C) groups is 1. The fourth-order valence-corrected chi connectivity index (χ4v) is 1.70. The van der Waals surface area contributed by atoms with Gasteiger partial charge in [-0.25, -0.2) is 4.79 Å². The molecule has 1 aromatic heterocycles. The molecule has 0 saturated carbocycles. The quantitative estimate of drug-likeness (QED) is 0.502. The van der Waals surface area contributed by atoms with Gasteiger partial charge in [0.05, 0.1) is 0 Å². The van der Waals surface area contributed by atoms with E-state index in [4.69, 9.17) is 0 Å². The van der Waals surface area contributed by atoms with Gasteiger partial charge in [0.15, 0.2) is 0 Å². The van der Waals surface area contributed by atoms with Crippen molar-refractivity contribution in [3.8, 4) is 0 Å². The topological polar surface area (TPSA) is 29.4 Å². The molecule has 0 bridgehead atoms. The minimum atomic E-state index is 0.807. The number of nitrogens with zero attached hydrogens (tertiary/aromatic N) is 1. The van der Waals surface area contributed by atoms with E-state index >= 15 is 0 Å². The maximum atomic E-state index is 9.94. The Morgan fingerprint density at radius 1 is 1.73 bits per heavy atom. The molecule has 0 radical (unpaired) electrons. The predicted molar refractivity (Wildman–Crippen MR) is 46.1 cm³/mol. The van der Waals surface area contributed by atoms with Crippen LogP contribution in [0.5, 0.6) is 0 Å². The molecular formula is C8H9NOS. The SMILES string of the molecule is CCCc1ccsc1N=C=O. The van der Waals surface area contributed by atoms with E-state index in [0.717, 1.165) is 23.4 Å². The second-order valence-electron chi connectivity index (χ2n) is 2.20. The van der Waals surface area contributed by atoms with E-state index in [1.165, 1.54) is 11.3 Å². The first kappa shape index (κ1) is 8.18. The number of isocyanates is 1. The minimum Gasteiger partial charge on any atom is -0.211 e.